The van der Waals surface area contributed by atoms with E-state index in [0.717, 1.165) is 0 Å². The summed E-state index contributed by atoms with van der Waals surface area (Å²) < 4.78 is 28.2. The molecule has 0 spiro atoms. The Labute approximate surface area is 147 Å². The molecule has 0 saturated heterocycles. The van der Waals surface area contributed by atoms with Crippen molar-refractivity contribution in [3.05, 3.63) is 58.6 Å². The van der Waals surface area contributed by atoms with Gasteiger partial charge in [0.1, 0.15) is 6.33 Å². The Hall–Kier alpha value is -2.23. The third-order valence-electron chi connectivity index (χ3n) is 2.82. The van der Waals surface area contributed by atoms with Crippen molar-refractivity contribution in [2.75, 3.05) is 4.72 Å². The Kier molecular flexibility index (Phi) is 4.65. The summed E-state index contributed by atoms with van der Waals surface area (Å²) in [6.07, 6.45) is 4.22. The first kappa shape index (κ1) is 16.6. The molecule has 0 bridgehead atoms. The molecule has 0 saturated carbocycles. The molecule has 0 aliphatic heterocycles. The van der Waals surface area contributed by atoms with E-state index in [4.69, 9.17) is 23.2 Å². The Balaban J connectivity index is 1.84. The van der Waals surface area contributed by atoms with Gasteiger partial charge in [0.2, 0.25) is 16.0 Å². The van der Waals surface area contributed by atoms with E-state index in [9.17, 15) is 8.42 Å². The van der Waals surface area contributed by atoms with Crippen LogP contribution in [0.1, 0.15) is 5.56 Å². The number of anilines is 1. The summed E-state index contributed by atoms with van der Waals surface area (Å²) in [6.45, 7) is 0. The zero-order valence-corrected chi connectivity index (χ0v) is 14.3. The van der Waals surface area contributed by atoms with Gasteiger partial charge in [0.25, 0.3) is 5.95 Å². The Morgan fingerprint density at radius 3 is 2.38 bits per heavy atom. The second-order valence-corrected chi connectivity index (χ2v) is 7.28. The highest BCUT2D eigenvalue weighted by Gasteiger charge is 2.18. The third kappa shape index (κ3) is 3.99. The molecule has 11 heteroatoms. The highest BCUT2D eigenvalue weighted by molar-refractivity contribution is 7.91. The minimum absolute atomic E-state index is 0.0191. The molecule has 3 rings (SSSR count). The van der Waals surface area contributed by atoms with Crippen molar-refractivity contribution >= 4 is 39.2 Å². The van der Waals surface area contributed by atoms with Gasteiger partial charge in [0, 0.05) is 22.4 Å². The van der Waals surface area contributed by atoms with Crippen LogP contribution in [0.4, 0.5) is 5.95 Å². The highest BCUT2D eigenvalue weighted by atomic mass is 35.5. The van der Waals surface area contributed by atoms with Crippen LogP contribution in [0.3, 0.4) is 0 Å². The van der Waals surface area contributed by atoms with E-state index in [-0.39, 0.29) is 17.6 Å². The number of rotatable bonds is 5. The minimum atomic E-state index is -3.77. The van der Waals surface area contributed by atoms with Gasteiger partial charge in [0.05, 0.1) is 5.75 Å². The Morgan fingerprint density at radius 1 is 1.04 bits per heavy atom. The zero-order chi connectivity index (χ0) is 17.2. The number of sulfonamides is 1. The van der Waals surface area contributed by atoms with Crippen molar-refractivity contribution in [3.8, 4) is 5.95 Å². The molecule has 8 nitrogen and oxygen atoms in total. The van der Waals surface area contributed by atoms with Crippen LogP contribution in [0, 0.1) is 0 Å². The average molecular weight is 385 g/mol. The van der Waals surface area contributed by atoms with Crippen LogP contribution in [0.5, 0.6) is 0 Å². The van der Waals surface area contributed by atoms with Crippen LogP contribution in [-0.4, -0.2) is 33.2 Å². The van der Waals surface area contributed by atoms with Crippen molar-refractivity contribution in [2.24, 2.45) is 0 Å². The molecule has 0 unspecified atom stereocenters. The van der Waals surface area contributed by atoms with Crippen LogP contribution in [0.2, 0.25) is 10.0 Å². The molecule has 24 heavy (non-hydrogen) atoms. The molecule has 0 aliphatic rings. The summed E-state index contributed by atoms with van der Waals surface area (Å²) in [6, 6.07) is 6.21. The predicted molar refractivity (Wildman–Crippen MR) is 89.7 cm³/mol. The molecule has 0 fully saturated rings. The number of nitrogens with one attached hydrogen (secondary N) is 1. The lowest BCUT2D eigenvalue weighted by atomic mass is 10.2. The molecule has 0 atom stereocenters. The number of hydrogen-bond acceptors (Lipinski definition) is 6. The van der Waals surface area contributed by atoms with E-state index < -0.39 is 10.0 Å². The molecular formula is C13H10Cl2N6O2S. The van der Waals surface area contributed by atoms with E-state index in [1.54, 1.807) is 6.07 Å². The Morgan fingerprint density at radius 2 is 1.71 bits per heavy atom. The summed E-state index contributed by atoms with van der Waals surface area (Å²) in [5, 5.41) is 4.63. The molecular weight excluding hydrogens is 375 g/mol. The normalized spacial score (nSPS) is 11.4. The first-order valence-electron chi connectivity index (χ1n) is 6.56. The SMILES string of the molecule is O=S(=O)(Cc1cc(Cl)cc(Cl)c1)Nc1ncnn1-c1ncccn1. The maximum atomic E-state index is 12.4. The van der Waals surface area contributed by atoms with Gasteiger partial charge in [-0.15, -0.1) is 0 Å². The van der Waals surface area contributed by atoms with Gasteiger partial charge in [-0.1, -0.05) is 23.2 Å². The topological polar surface area (TPSA) is 103 Å². The maximum absolute atomic E-state index is 12.4. The second-order valence-electron chi connectivity index (χ2n) is 4.68. The van der Waals surface area contributed by atoms with E-state index in [1.165, 1.54) is 41.6 Å². The molecule has 1 N–H and O–H groups in total. The predicted octanol–water partition coefficient (Wildman–Crippen LogP) is 2.31. The molecule has 0 amide bonds. The van der Waals surface area contributed by atoms with E-state index in [1.807, 2.05) is 0 Å². The smallest absolute Gasteiger partial charge is 0.251 e. The van der Waals surface area contributed by atoms with Crippen molar-refractivity contribution < 1.29 is 8.42 Å². The van der Waals surface area contributed by atoms with Gasteiger partial charge >= 0.3 is 0 Å². The highest BCUT2D eigenvalue weighted by Crippen LogP contribution is 2.21. The quantitative estimate of drug-likeness (QED) is 0.723. The standard InChI is InChI=1S/C13H10Cl2N6O2S/c14-10-4-9(5-11(15)6-10)7-24(22,23)20-13-18-8-19-21(13)12-16-2-1-3-17-12/h1-6,8H,7H2,(H,18,19,20). The van der Waals surface area contributed by atoms with E-state index in [0.29, 0.717) is 15.6 Å². The largest absolute Gasteiger partial charge is 0.253 e. The summed E-state index contributed by atoms with van der Waals surface area (Å²) in [4.78, 5) is 11.9. The minimum Gasteiger partial charge on any atom is -0.251 e. The lowest BCUT2D eigenvalue weighted by molar-refractivity contribution is 0.599. The van der Waals surface area contributed by atoms with Crippen LogP contribution < -0.4 is 4.72 Å². The van der Waals surface area contributed by atoms with Gasteiger partial charge < -0.3 is 0 Å². The fraction of sp³-hybridized carbons (Fsp3) is 0.0769. The number of nitrogens with zero attached hydrogens (tertiary/aromatic N) is 5. The van der Waals surface area contributed by atoms with Crippen LogP contribution in [0.25, 0.3) is 5.95 Å². The van der Waals surface area contributed by atoms with Crippen molar-refractivity contribution in [2.45, 2.75) is 5.75 Å². The second kappa shape index (κ2) is 6.71. The lowest BCUT2D eigenvalue weighted by Crippen LogP contribution is -2.19. The van der Waals surface area contributed by atoms with Crippen molar-refractivity contribution in [3.63, 3.8) is 0 Å². The monoisotopic (exact) mass is 384 g/mol. The molecule has 0 radical (unpaired) electrons. The molecule has 3 aromatic rings. The summed E-state index contributed by atoms with van der Waals surface area (Å²) in [5.41, 5.74) is 0.446. The molecule has 0 aliphatic carbocycles. The lowest BCUT2D eigenvalue weighted by Gasteiger charge is -2.08. The molecule has 2 aromatic heterocycles. The number of benzene rings is 1. The Bertz CT molecular complexity index is 941. The average Bonchev–Trinajstić information content (AvgIpc) is 2.93. The van der Waals surface area contributed by atoms with Gasteiger partial charge in [-0.3, -0.25) is 4.72 Å². The third-order valence-corrected chi connectivity index (χ3v) is 4.46. The fourth-order valence-electron chi connectivity index (χ4n) is 1.95. The van der Waals surface area contributed by atoms with Gasteiger partial charge in [-0.25, -0.2) is 18.4 Å². The van der Waals surface area contributed by atoms with Gasteiger partial charge in [-0.05, 0) is 29.8 Å². The molecule has 1 aromatic carbocycles. The summed E-state index contributed by atoms with van der Waals surface area (Å²) in [7, 11) is -3.77. The summed E-state index contributed by atoms with van der Waals surface area (Å²) >= 11 is 11.8. The first-order valence-corrected chi connectivity index (χ1v) is 8.97. The zero-order valence-electron chi connectivity index (χ0n) is 12.0. The van der Waals surface area contributed by atoms with Crippen molar-refractivity contribution in [1.29, 1.82) is 0 Å². The van der Waals surface area contributed by atoms with Gasteiger partial charge in [0.15, 0.2) is 0 Å². The maximum Gasteiger partial charge on any atom is 0.253 e. The van der Waals surface area contributed by atoms with Gasteiger partial charge in [-0.2, -0.15) is 14.8 Å². The number of halogens is 2. The number of aromatic nitrogens is 5. The molecule has 2 heterocycles. The molecule has 124 valence electrons. The van der Waals surface area contributed by atoms with Crippen LogP contribution in [-0.2, 0) is 15.8 Å². The summed E-state index contributed by atoms with van der Waals surface area (Å²) in [5.74, 6) is -0.150. The van der Waals surface area contributed by atoms with Crippen molar-refractivity contribution in [1.82, 2.24) is 24.7 Å². The van der Waals surface area contributed by atoms with E-state index in [2.05, 4.69) is 24.8 Å². The van der Waals surface area contributed by atoms with Crippen LogP contribution in [0.15, 0.2) is 43.0 Å². The van der Waals surface area contributed by atoms with E-state index >= 15 is 0 Å². The first-order chi connectivity index (χ1) is 11.4. The van der Waals surface area contributed by atoms with Crippen LogP contribution >= 0.6 is 23.2 Å². The number of hydrogen-bond donors (Lipinski definition) is 1. The fourth-order valence-corrected chi connectivity index (χ4v) is 3.61.